The average Bonchev–Trinajstić information content (AvgIpc) is 2.68. The number of rotatable bonds is 9. The van der Waals surface area contributed by atoms with E-state index in [2.05, 4.69) is 15.3 Å². The van der Waals surface area contributed by atoms with Gasteiger partial charge in [-0.1, -0.05) is 0 Å². The minimum atomic E-state index is -0.536. The summed E-state index contributed by atoms with van der Waals surface area (Å²) in [4.78, 5) is 19.7. The van der Waals surface area contributed by atoms with E-state index < -0.39 is 11.7 Å². The van der Waals surface area contributed by atoms with Gasteiger partial charge in [0, 0.05) is 24.7 Å². The van der Waals surface area contributed by atoms with Crippen molar-refractivity contribution in [1.82, 2.24) is 15.3 Å². The number of nitrogens with one attached hydrogen (secondary N) is 1. The summed E-state index contributed by atoms with van der Waals surface area (Å²) in [6.07, 6.45) is 2.18. The Morgan fingerprint density at radius 3 is 2.32 bits per heavy atom. The number of carbonyl (C=O) groups is 1. The van der Waals surface area contributed by atoms with Crippen LogP contribution in [-0.2, 0) is 11.2 Å². The number of alkyl carbamates (subject to hydrolysis) is 1. The topological polar surface area (TPSA) is 144 Å². The third kappa shape index (κ3) is 7.40. The van der Waals surface area contributed by atoms with Crippen LogP contribution < -0.4 is 31.0 Å². The molecule has 2 aromatic rings. The highest BCUT2D eigenvalue weighted by molar-refractivity contribution is 5.67. The van der Waals surface area contributed by atoms with Gasteiger partial charge < -0.3 is 35.7 Å². The Morgan fingerprint density at radius 1 is 1.13 bits per heavy atom. The van der Waals surface area contributed by atoms with Gasteiger partial charge in [-0.05, 0) is 44.9 Å². The molecule has 5 N–H and O–H groups in total. The highest BCUT2D eigenvalue weighted by Crippen LogP contribution is 2.39. The number of nitrogens with two attached hydrogens (primary N) is 2. The third-order valence-electron chi connectivity index (χ3n) is 4.07. The fourth-order valence-corrected chi connectivity index (χ4v) is 2.72. The summed E-state index contributed by atoms with van der Waals surface area (Å²) in [6, 6.07) is 3.68. The highest BCUT2D eigenvalue weighted by atomic mass is 16.6. The van der Waals surface area contributed by atoms with Crippen LogP contribution in [0.15, 0.2) is 18.3 Å². The van der Waals surface area contributed by atoms with Gasteiger partial charge in [0.2, 0.25) is 11.7 Å². The van der Waals surface area contributed by atoms with E-state index in [0.717, 1.165) is 11.1 Å². The van der Waals surface area contributed by atoms with Crippen molar-refractivity contribution in [3.8, 4) is 17.2 Å². The number of carbonyl (C=O) groups excluding carboxylic acids is 1. The first-order valence-corrected chi connectivity index (χ1v) is 9.84. The van der Waals surface area contributed by atoms with Crippen LogP contribution in [-0.4, -0.2) is 49.0 Å². The zero-order valence-corrected chi connectivity index (χ0v) is 18.7. The second kappa shape index (κ2) is 10.6. The highest BCUT2D eigenvalue weighted by Gasteiger charge is 2.17. The Hall–Kier alpha value is -3.43. The maximum absolute atomic E-state index is 11.7. The summed E-state index contributed by atoms with van der Waals surface area (Å²) in [7, 11) is 3.10. The molecule has 1 aromatic carbocycles. The molecule has 10 nitrogen and oxygen atoms in total. The van der Waals surface area contributed by atoms with Gasteiger partial charge >= 0.3 is 6.09 Å². The van der Waals surface area contributed by atoms with Gasteiger partial charge in [0.25, 0.3) is 0 Å². The van der Waals surface area contributed by atoms with Gasteiger partial charge in [0.15, 0.2) is 11.5 Å². The van der Waals surface area contributed by atoms with Crippen LogP contribution in [0.5, 0.6) is 17.2 Å². The van der Waals surface area contributed by atoms with Crippen molar-refractivity contribution < 1.29 is 23.7 Å². The number of amides is 1. The predicted octanol–water partition coefficient (Wildman–Crippen LogP) is 2.54. The smallest absolute Gasteiger partial charge is 0.407 e. The molecular weight excluding hydrogens is 402 g/mol. The number of hydrogen-bond donors (Lipinski definition) is 3. The third-order valence-corrected chi connectivity index (χ3v) is 4.07. The van der Waals surface area contributed by atoms with Gasteiger partial charge in [0.05, 0.1) is 20.8 Å². The van der Waals surface area contributed by atoms with Gasteiger partial charge in [-0.3, -0.25) is 0 Å². The maximum Gasteiger partial charge on any atom is 0.407 e. The molecule has 0 bridgehead atoms. The molecule has 0 saturated heterocycles. The number of benzene rings is 1. The normalized spacial score (nSPS) is 11.0. The van der Waals surface area contributed by atoms with Crippen molar-refractivity contribution in [1.29, 1.82) is 0 Å². The molecule has 0 aliphatic heterocycles. The number of ether oxygens (including phenoxy) is 4. The minimum Gasteiger partial charge on any atom is -0.493 e. The van der Waals surface area contributed by atoms with Crippen molar-refractivity contribution in [2.75, 3.05) is 38.8 Å². The van der Waals surface area contributed by atoms with Crippen molar-refractivity contribution in [3.63, 3.8) is 0 Å². The molecule has 1 aromatic heterocycles. The summed E-state index contributed by atoms with van der Waals surface area (Å²) < 4.78 is 22.0. The molecule has 0 radical (unpaired) electrons. The fourth-order valence-electron chi connectivity index (χ4n) is 2.72. The van der Waals surface area contributed by atoms with Crippen LogP contribution in [0.4, 0.5) is 16.6 Å². The van der Waals surface area contributed by atoms with Crippen LogP contribution in [0.3, 0.4) is 0 Å². The van der Waals surface area contributed by atoms with Gasteiger partial charge in [-0.2, -0.15) is 4.98 Å². The van der Waals surface area contributed by atoms with E-state index in [1.807, 2.05) is 32.9 Å². The second-order valence-electron chi connectivity index (χ2n) is 7.78. The SMILES string of the molecule is COc1cc(Cc2cnc(N)nc2N)cc(OC)c1OCCCNC(=O)OC(C)(C)C. The van der Waals surface area contributed by atoms with Crippen LogP contribution in [0.2, 0.25) is 0 Å². The standard InChI is InChI=1S/C21H31N5O5/c1-21(2,3)31-20(27)24-7-6-8-30-17-15(28-4)10-13(11-16(17)29-5)9-14-12-25-19(23)26-18(14)22/h10-12H,6-9H2,1-5H3,(H,24,27)(H4,22,23,25,26). The molecule has 0 spiro atoms. The number of aromatic nitrogens is 2. The summed E-state index contributed by atoms with van der Waals surface area (Å²) in [5.41, 5.74) is 12.6. The van der Waals surface area contributed by atoms with Crippen molar-refractivity contribution in [3.05, 3.63) is 29.5 Å². The van der Waals surface area contributed by atoms with Crippen LogP contribution in [0.1, 0.15) is 38.3 Å². The summed E-state index contributed by atoms with van der Waals surface area (Å²) in [5, 5.41) is 2.69. The molecular formula is C21H31N5O5. The van der Waals surface area contributed by atoms with E-state index in [4.69, 9.17) is 30.4 Å². The Balaban J connectivity index is 2.01. The number of hydrogen-bond acceptors (Lipinski definition) is 9. The first-order valence-electron chi connectivity index (χ1n) is 9.84. The number of nitrogens with zero attached hydrogens (tertiary/aromatic N) is 2. The molecule has 0 aliphatic carbocycles. The number of anilines is 2. The van der Waals surface area contributed by atoms with E-state index in [1.165, 1.54) is 0 Å². The molecule has 31 heavy (non-hydrogen) atoms. The lowest BCUT2D eigenvalue weighted by Gasteiger charge is -2.20. The fraction of sp³-hybridized carbons (Fsp3) is 0.476. The Labute approximate surface area is 182 Å². The minimum absolute atomic E-state index is 0.126. The van der Waals surface area contributed by atoms with Gasteiger partial charge in [-0.25, -0.2) is 9.78 Å². The zero-order valence-electron chi connectivity index (χ0n) is 18.7. The Bertz CT molecular complexity index is 873. The Morgan fingerprint density at radius 2 is 1.77 bits per heavy atom. The monoisotopic (exact) mass is 433 g/mol. The molecule has 10 heteroatoms. The second-order valence-corrected chi connectivity index (χ2v) is 7.78. The van der Waals surface area contributed by atoms with E-state index in [-0.39, 0.29) is 5.95 Å². The molecule has 0 aliphatic rings. The quantitative estimate of drug-likeness (QED) is 0.508. The van der Waals surface area contributed by atoms with Gasteiger partial charge in [-0.15, -0.1) is 0 Å². The van der Waals surface area contributed by atoms with E-state index >= 15 is 0 Å². The number of nitrogen functional groups attached to an aromatic ring is 2. The van der Waals surface area contributed by atoms with Crippen LogP contribution in [0.25, 0.3) is 0 Å². The molecule has 0 unspecified atom stereocenters. The molecule has 0 atom stereocenters. The van der Waals surface area contributed by atoms with Crippen LogP contribution >= 0.6 is 0 Å². The average molecular weight is 434 g/mol. The van der Waals surface area contributed by atoms with Crippen molar-refractivity contribution in [2.45, 2.75) is 39.2 Å². The predicted molar refractivity (Wildman–Crippen MR) is 118 cm³/mol. The Kier molecular flexibility index (Phi) is 8.12. The molecule has 170 valence electrons. The molecule has 1 amide bonds. The first kappa shape index (κ1) is 23.8. The van der Waals surface area contributed by atoms with Crippen molar-refractivity contribution in [2.24, 2.45) is 0 Å². The lowest BCUT2D eigenvalue weighted by atomic mass is 10.1. The maximum atomic E-state index is 11.7. The molecule has 2 rings (SSSR count). The number of methoxy groups -OCH3 is 2. The van der Waals surface area contributed by atoms with E-state index in [0.29, 0.717) is 49.1 Å². The largest absolute Gasteiger partial charge is 0.493 e. The van der Waals surface area contributed by atoms with E-state index in [1.54, 1.807) is 20.4 Å². The lowest BCUT2D eigenvalue weighted by Crippen LogP contribution is -2.33. The summed E-state index contributed by atoms with van der Waals surface area (Å²) in [5.74, 6) is 1.96. The molecule has 0 fully saturated rings. The molecule has 0 saturated carbocycles. The van der Waals surface area contributed by atoms with E-state index in [9.17, 15) is 4.79 Å². The molecule has 1 heterocycles. The zero-order chi connectivity index (χ0) is 23.0. The van der Waals surface area contributed by atoms with Crippen molar-refractivity contribution >= 4 is 17.9 Å². The summed E-state index contributed by atoms with van der Waals surface area (Å²) in [6.45, 7) is 6.19. The summed E-state index contributed by atoms with van der Waals surface area (Å²) >= 11 is 0. The van der Waals surface area contributed by atoms with Gasteiger partial charge in [0.1, 0.15) is 11.4 Å². The van der Waals surface area contributed by atoms with Crippen LogP contribution in [0, 0.1) is 0 Å². The first-order chi connectivity index (χ1) is 14.6. The lowest BCUT2D eigenvalue weighted by molar-refractivity contribution is 0.0525.